The molecule has 3 rings (SSSR count). The molecule has 1 aromatic heterocycles. The predicted molar refractivity (Wildman–Crippen MR) is 81.8 cm³/mol. The Kier molecular flexibility index (Phi) is 3.39. The van der Waals surface area contributed by atoms with E-state index in [0.717, 1.165) is 25.5 Å². The van der Waals surface area contributed by atoms with Gasteiger partial charge in [0.05, 0.1) is 16.2 Å². The van der Waals surface area contributed by atoms with Gasteiger partial charge in [0.25, 0.3) is 0 Å². The van der Waals surface area contributed by atoms with E-state index in [1.54, 1.807) is 17.4 Å². The molecule has 0 saturated carbocycles. The number of anilines is 1. The van der Waals surface area contributed by atoms with Gasteiger partial charge in [0, 0.05) is 15.6 Å². The van der Waals surface area contributed by atoms with Crippen LogP contribution in [-0.4, -0.2) is 5.91 Å². The fourth-order valence-electron chi connectivity index (χ4n) is 2.15. The number of fused-ring (bicyclic) bond motifs is 1. The van der Waals surface area contributed by atoms with Gasteiger partial charge in [-0.05, 0) is 51.3 Å². The van der Waals surface area contributed by atoms with Crippen molar-refractivity contribution in [1.82, 2.24) is 0 Å². The van der Waals surface area contributed by atoms with Crippen molar-refractivity contribution in [2.75, 3.05) is 5.32 Å². The Bertz CT molecular complexity index is 671. The van der Waals surface area contributed by atoms with Crippen molar-refractivity contribution in [2.24, 2.45) is 5.73 Å². The average molecular weight is 358 g/mol. The maximum Gasteiger partial charge on any atom is 0.228 e. The minimum absolute atomic E-state index is 0.00402. The molecule has 0 fully saturated rings. The van der Waals surface area contributed by atoms with E-state index in [-0.39, 0.29) is 11.9 Å². The van der Waals surface area contributed by atoms with E-state index in [2.05, 4.69) is 21.2 Å². The summed E-state index contributed by atoms with van der Waals surface area (Å²) in [6, 6.07) is 7.37. The lowest BCUT2D eigenvalue weighted by atomic mass is 10.0. The minimum Gasteiger partial charge on any atom is -0.325 e. The molecule has 0 spiro atoms. The first kappa shape index (κ1) is 13.1. The topological polar surface area (TPSA) is 55.1 Å². The Hall–Kier alpha value is -0.880. The van der Waals surface area contributed by atoms with Gasteiger partial charge in [0.15, 0.2) is 0 Å². The van der Waals surface area contributed by atoms with Crippen LogP contribution in [0.5, 0.6) is 0 Å². The predicted octanol–water partition coefficient (Wildman–Crippen LogP) is 3.71. The zero-order valence-corrected chi connectivity index (χ0v) is 12.9. The van der Waals surface area contributed by atoms with Gasteiger partial charge in [0.2, 0.25) is 5.91 Å². The number of nitrogens with two attached hydrogens (primary N) is 1. The molecule has 3 nitrogen and oxygen atoms in total. The van der Waals surface area contributed by atoms with Crippen molar-refractivity contribution in [3.05, 3.63) is 49.1 Å². The first-order valence-electron chi connectivity index (χ1n) is 5.67. The van der Waals surface area contributed by atoms with E-state index in [1.165, 1.54) is 0 Å². The van der Waals surface area contributed by atoms with Crippen molar-refractivity contribution in [1.29, 1.82) is 0 Å². The number of benzene rings is 1. The van der Waals surface area contributed by atoms with Crippen LogP contribution < -0.4 is 11.1 Å². The van der Waals surface area contributed by atoms with E-state index in [9.17, 15) is 4.79 Å². The quantitative estimate of drug-likeness (QED) is 0.861. The lowest BCUT2D eigenvalue weighted by Crippen LogP contribution is -2.11. The number of amides is 1. The summed E-state index contributed by atoms with van der Waals surface area (Å²) in [6.07, 6.45) is 0.389. The molecular formula is C13H10BrClN2OS. The van der Waals surface area contributed by atoms with Crippen LogP contribution in [0, 0.1) is 0 Å². The molecule has 2 aromatic rings. The maximum atomic E-state index is 11.4. The zero-order valence-electron chi connectivity index (χ0n) is 9.74. The molecule has 2 heterocycles. The van der Waals surface area contributed by atoms with Gasteiger partial charge in [0.1, 0.15) is 0 Å². The van der Waals surface area contributed by atoms with Crippen molar-refractivity contribution < 1.29 is 4.79 Å². The van der Waals surface area contributed by atoms with Crippen molar-refractivity contribution >= 4 is 50.5 Å². The number of hydrogen-bond donors (Lipinski definition) is 2. The van der Waals surface area contributed by atoms with Gasteiger partial charge < -0.3 is 11.1 Å². The highest BCUT2D eigenvalue weighted by molar-refractivity contribution is 9.11. The van der Waals surface area contributed by atoms with Gasteiger partial charge >= 0.3 is 0 Å². The Labute approximate surface area is 127 Å². The summed E-state index contributed by atoms with van der Waals surface area (Å²) in [6.45, 7) is 0. The Morgan fingerprint density at radius 3 is 2.89 bits per heavy atom. The number of halogens is 2. The molecule has 1 aliphatic heterocycles. The van der Waals surface area contributed by atoms with E-state index in [4.69, 9.17) is 17.3 Å². The SMILES string of the molecule is NC(c1ccc(Br)s1)c1cc2c(cc1Cl)NC(=O)C2. The number of carbonyl (C=O) groups excluding carboxylic acids is 1. The molecule has 98 valence electrons. The molecule has 1 atom stereocenters. The maximum absolute atomic E-state index is 11.4. The first-order chi connectivity index (χ1) is 9.04. The van der Waals surface area contributed by atoms with Crippen LogP contribution in [0.2, 0.25) is 5.02 Å². The molecule has 1 amide bonds. The smallest absolute Gasteiger partial charge is 0.228 e. The molecule has 1 aliphatic rings. The molecule has 0 bridgehead atoms. The van der Waals surface area contributed by atoms with Crippen LogP contribution in [0.15, 0.2) is 28.1 Å². The van der Waals surface area contributed by atoms with E-state index in [1.807, 2.05) is 18.2 Å². The zero-order chi connectivity index (χ0) is 13.6. The van der Waals surface area contributed by atoms with Gasteiger partial charge in [-0.3, -0.25) is 4.79 Å². The number of thiophene rings is 1. The van der Waals surface area contributed by atoms with Crippen molar-refractivity contribution in [3.8, 4) is 0 Å². The largest absolute Gasteiger partial charge is 0.325 e. The van der Waals surface area contributed by atoms with Crippen molar-refractivity contribution in [2.45, 2.75) is 12.5 Å². The summed E-state index contributed by atoms with van der Waals surface area (Å²) in [5.74, 6) is -0.00402. The summed E-state index contributed by atoms with van der Waals surface area (Å²) >= 11 is 11.3. The molecule has 3 N–H and O–H groups in total. The second-order valence-electron chi connectivity index (χ2n) is 4.38. The van der Waals surface area contributed by atoms with Gasteiger partial charge in [-0.1, -0.05) is 11.6 Å². The lowest BCUT2D eigenvalue weighted by molar-refractivity contribution is -0.115. The molecule has 1 aromatic carbocycles. The van der Waals surface area contributed by atoms with Crippen molar-refractivity contribution in [3.63, 3.8) is 0 Å². The summed E-state index contributed by atoms with van der Waals surface area (Å²) in [5.41, 5.74) is 8.86. The highest BCUT2D eigenvalue weighted by Crippen LogP contribution is 2.36. The highest BCUT2D eigenvalue weighted by Gasteiger charge is 2.22. The van der Waals surface area contributed by atoms with Gasteiger partial charge in [-0.2, -0.15) is 0 Å². The summed E-state index contributed by atoms with van der Waals surface area (Å²) in [5, 5.41) is 3.36. The fraction of sp³-hybridized carbons (Fsp3) is 0.154. The van der Waals surface area contributed by atoms with Crippen LogP contribution in [0.4, 0.5) is 5.69 Å². The fourth-order valence-corrected chi connectivity index (χ4v) is 3.88. The van der Waals surface area contributed by atoms with E-state index >= 15 is 0 Å². The summed E-state index contributed by atoms with van der Waals surface area (Å²) in [4.78, 5) is 12.4. The molecule has 6 heteroatoms. The third-order valence-electron chi connectivity index (χ3n) is 3.08. The second-order valence-corrected chi connectivity index (χ2v) is 7.28. The van der Waals surface area contributed by atoms with Gasteiger partial charge in [-0.25, -0.2) is 0 Å². The highest BCUT2D eigenvalue weighted by atomic mass is 79.9. The molecule has 0 radical (unpaired) electrons. The van der Waals surface area contributed by atoms with Gasteiger partial charge in [-0.15, -0.1) is 11.3 Å². The normalized spacial score (nSPS) is 15.2. The Morgan fingerprint density at radius 2 is 2.21 bits per heavy atom. The molecule has 0 saturated heterocycles. The molecule has 1 unspecified atom stereocenters. The van der Waals surface area contributed by atoms with Crippen LogP contribution in [-0.2, 0) is 11.2 Å². The molecule has 19 heavy (non-hydrogen) atoms. The Balaban J connectivity index is 2.02. The standard InChI is InChI=1S/C13H10BrClN2OS/c14-11-2-1-10(19-11)13(16)7-3-6-4-12(18)17-9(6)5-8(7)15/h1-3,5,13H,4,16H2,(H,17,18). The van der Waals surface area contributed by atoms with Crippen LogP contribution >= 0.6 is 38.9 Å². The van der Waals surface area contributed by atoms with E-state index in [0.29, 0.717) is 11.4 Å². The van der Waals surface area contributed by atoms with Crippen LogP contribution in [0.1, 0.15) is 22.0 Å². The van der Waals surface area contributed by atoms with Crippen LogP contribution in [0.3, 0.4) is 0 Å². The first-order valence-corrected chi connectivity index (χ1v) is 7.66. The summed E-state index contributed by atoms with van der Waals surface area (Å²) < 4.78 is 1.03. The van der Waals surface area contributed by atoms with E-state index < -0.39 is 0 Å². The average Bonchev–Trinajstić information content (AvgIpc) is 2.92. The number of nitrogens with one attached hydrogen (secondary N) is 1. The third-order valence-corrected chi connectivity index (χ3v) is 5.12. The number of carbonyl (C=O) groups is 1. The lowest BCUT2D eigenvalue weighted by Gasteiger charge is -2.13. The van der Waals surface area contributed by atoms with Crippen LogP contribution in [0.25, 0.3) is 0 Å². The monoisotopic (exact) mass is 356 g/mol. The Morgan fingerprint density at radius 1 is 1.42 bits per heavy atom. The molecular weight excluding hydrogens is 348 g/mol. The molecule has 0 aliphatic carbocycles. The number of hydrogen-bond acceptors (Lipinski definition) is 3. The second kappa shape index (κ2) is 4.90. The number of rotatable bonds is 2. The third kappa shape index (κ3) is 2.43. The minimum atomic E-state index is -0.273. The summed E-state index contributed by atoms with van der Waals surface area (Å²) in [7, 11) is 0.